The third-order valence-electron chi connectivity index (χ3n) is 16.6. The molecule has 0 saturated carbocycles. The van der Waals surface area contributed by atoms with Crippen LogP contribution in [0.25, 0.3) is 42.4 Å². The second-order valence-corrected chi connectivity index (χ2v) is 23.3. The monoisotopic (exact) mass is 978 g/mol. The van der Waals surface area contributed by atoms with Gasteiger partial charge in [-0.15, -0.1) is 22.7 Å². The topological polar surface area (TPSA) is 3.24 Å². The molecule has 5 aromatic carbocycles. The third kappa shape index (κ3) is 10.3. The van der Waals surface area contributed by atoms with Crippen molar-refractivity contribution in [3.63, 3.8) is 0 Å². The number of thiophene rings is 2. The smallest absolute Gasteiger partial charge is 0.0474 e. The maximum atomic E-state index is 2.64. The molecule has 0 aliphatic heterocycles. The Morgan fingerprint density at radius 1 is 0.380 bits per heavy atom. The van der Waals surface area contributed by atoms with E-state index in [0.29, 0.717) is 0 Å². The average molecular weight is 979 g/mol. The summed E-state index contributed by atoms with van der Waals surface area (Å²) in [7, 11) is 0. The van der Waals surface area contributed by atoms with Crippen molar-refractivity contribution in [3.05, 3.63) is 160 Å². The zero-order valence-electron chi connectivity index (χ0n) is 44.4. The number of fused-ring (bicyclic) bond motifs is 6. The standard InChI is InChI=1S/C68H83NS2/c1-7-13-19-21-27-50-41-46-70-66(50)64-47-52(28-22-20-14-8-2)65(71-64)51-33-35-53(36-34-51)69(54-37-39-58-56-29-23-25-31-60(56)67(42-15-9-3,43-16-10-4)62(58)48-54)55-38-40-59-57-30-24-26-32-61(57)68(44-17-11-5,45-18-12-6)63(59)49-55/h23-26,29-41,46-49H,7-22,27-28,42-45H2,1-6H3. The molecular weight excluding hydrogens is 895 g/mol. The Morgan fingerprint density at radius 3 is 1.32 bits per heavy atom. The van der Waals surface area contributed by atoms with Crippen molar-refractivity contribution < 1.29 is 0 Å². The SMILES string of the molecule is CCCCCCc1cc(-c2sccc2CCCCCC)sc1-c1ccc(N(c2ccc3c(c2)C(CCCC)(CCCC)c2ccccc2-3)c2ccc3c(c2)C(CCCC)(CCCC)c2ccccc2-3)cc1. The summed E-state index contributed by atoms with van der Waals surface area (Å²) in [6.07, 6.45) is 27.2. The number of aryl methyl sites for hydroxylation is 2. The molecule has 0 N–H and O–H groups in total. The molecule has 0 bridgehead atoms. The van der Waals surface area contributed by atoms with Crippen LogP contribution in [0.1, 0.15) is 203 Å². The zero-order valence-corrected chi connectivity index (χ0v) is 46.1. The predicted octanol–water partition coefficient (Wildman–Crippen LogP) is 22.2. The van der Waals surface area contributed by atoms with Crippen LogP contribution in [0.3, 0.4) is 0 Å². The number of nitrogens with zero attached hydrogens (tertiary/aromatic N) is 1. The molecule has 1 nitrogen and oxygen atoms in total. The van der Waals surface area contributed by atoms with Crippen molar-refractivity contribution >= 4 is 39.7 Å². The summed E-state index contributed by atoms with van der Waals surface area (Å²) in [6.45, 7) is 14.1. The van der Waals surface area contributed by atoms with E-state index in [1.165, 1.54) is 211 Å². The van der Waals surface area contributed by atoms with E-state index in [9.17, 15) is 0 Å². The van der Waals surface area contributed by atoms with Gasteiger partial charge in [-0.2, -0.15) is 0 Å². The van der Waals surface area contributed by atoms with E-state index >= 15 is 0 Å². The molecule has 2 aliphatic carbocycles. The molecule has 2 aliphatic rings. The van der Waals surface area contributed by atoms with Gasteiger partial charge in [0, 0.05) is 42.5 Å². The molecule has 9 rings (SSSR count). The molecule has 372 valence electrons. The highest BCUT2D eigenvalue weighted by atomic mass is 32.1. The maximum Gasteiger partial charge on any atom is 0.0474 e. The first kappa shape index (κ1) is 51.2. The lowest BCUT2D eigenvalue weighted by Crippen LogP contribution is -2.26. The van der Waals surface area contributed by atoms with Gasteiger partial charge in [-0.1, -0.05) is 204 Å². The van der Waals surface area contributed by atoms with Crippen molar-refractivity contribution in [2.75, 3.05) is 4.90 Å². The third-order valence-corrected chi connectivity index (χ3v) is 19.0. The lowest BCUT2D eigenvalue weighted by molar-refractivity contribution is 0.414. The van der Waals surface area contributed by atoms with Gasteiger partial charge in [0.1, 0.15) is 0 Å². The molecule has 7 aromatic rings. The lowest BCUT2D eigenvalue weighted by atomic mass is 9.70. The van der Waals surface area contributed by atoms with E-state index in [1.807, 2.05) is 22.7 Å². The van der Waals surface area contributed by atoms with Crippen LogP contribution >= 0.6 is 22.7 Å². The van der Waals surface area contributed by atoms with E-state index in [-0.39, 0.29) is 10.8 Å². The van der Waals surface area contributed by atoms with Crippen LogP contribution in [-0.4, -0.2) is 0 Å². The summed E-state index contributed by atoms with van der Waals surface area (Å²) in [5.41, 5.74) is 20.1. The highest BCUT2D eigenvalue weighted by Crippen LogP contribution is 2.58. The average Bonchev–Trinajstić information content (AvgIpc) is 4.18. The summed E-state index contributed by atoms with van der Waals surface area (Å²) in [5.74, 6) is 0. The first-order valence-corrected chi connectivity index (χ1v) is 30.2. The van der Waals surface area contributed by atoms with E-state index in [0.717, 1.165) is 6.42 Å². The zero-order chi connectivity index (χ0) is 49.2. The van der Waals surface area contributed by atoms with Gasteiger partial charge < -0.3 is 4.90 Å². The number of rotatable bonds is 27. The molecule has 2 heterocycles. The predicted molar refractivity (Wildman–Crippen MR) is 314 cm³/mol. The number of hydrogen-bond acceptors (Lipinski definition) is 3. The Hall–Kier alpha value is -4.70. The van der Waals surface area contributed by atoms with Crippen LogP contribution < -0.4 is 4.90 Å². The van der Waals surface area contributed by atoms with Crippen LogP contribution in [0.2, 0.25) is 0 Å². The molecule has 71 heavy (non-hydrogen) atoms. The van der Waals surface area contributed by atoms with E-state index in [2.05, 4.69) is 173 Å². The van der Waals surface area contributed by atoms with Gasteiger partial charge in [0.25, 0.3) is 0 Å². The van der Waals surface area contributed by atoms with Crippen molar-refractivity contribution in [1.29, 1.82) is 0 Å². The fourth-order valence-corrected chi connectivity index (χ4v) is 15.1. The Bertz CT molecular complexity index is 2680. The summed E-state index contributed by atoms with van der Waals surface area (Å²) in [4.78, 5) is 7.04. The Morgan fingerprint density at radius 2 is 0.831 bits per heavy atom. The minimum absolute atomic E-state index is 0.0147. The highest BCUT2D eigenvalue weighted by Gasteiger charge is 2.44. The fraction of sp³-hybridized carbons (Fsp3) is 0.441. The molecule has 2 aromatic heterocycles. The lowest BCUT2D eigenvalue weighted by Gasteiger charge is -2.35. The van der Waals surface area contributed by atoms with E-state index in [4.69, 9.17) is 0 Å². The number of benzene rings is 5. The normalized spacial score (nSPS) is 13.8. The second kappa shape index (κ2) is 23.9. The van der Waals surface area contributed by atoms with E-state index in [1.54, 1.807) is 16.7 Å². The molecule has 0 saturated heterocycles. The van der Waals surface area contributed by atoms with Gasteiger partial charge >= 0.3 is 0 Å². The minimum Gasteiger partial charge on any atom is -0.310 e. The van der Waals surface area contributed by atoms with Gasteiger partial charge in [0.15, 0.2) is 0 Å². The molecule has 0 radical (unpaired) electrons. The Kier molecular flexibility index (Phi) is 17.2. The summed E-state index contributed by atoms with van der Waals surface area (Å²) < 4.78 is 0. The number of unbranched alkanes of at least 4 members (excludes halogenated alkanes) is 10. The van der Waals surface area contributed by atoms with Crippen molar-refractivity contribution in [3.8, 4) is 42.4 Å². The summed E-state index contributed by atoms with van der Waals surface area (Å²) in [6, 6.07) is 48.8. The molecule has 0 spiro atoms. The van der Waals surface area contributed by atoms with Gasteiger partial charge in [0.05, 0.1) is 0 Å². The van der Waals surface area contributed by atoms with Crippen molar-refractivity contribution in [1.82, 2.24) is 0 Å². The minimum atomic E-state index is 0.0147. The van der Waals surface area contributed by atoms with Gasteiger partial charge in [-0.25, -0.2) is 0 Å². The van der Waals surface area contributed by atoms with Crippen LogP contribution in [-0.2, 0) is 23.7 Å². The Labute approximate surface area is 438 Å². The first-order valence-electron chi connectivity index (χ1n) is 28.5. The van der Waals surface area contributed by atoms with Crippen molar-refractivity contribution in [2.24, 2.45) is 0 Å². The molecule has 0 amide bonds. The Balaban J connectivity index is 1.19. The molecule has 0 atom stereocenters. The molecule has 3 heteroatoms. The van der Waals surface area contributed by atoms with Crippen LogP contribution in [0.5, 0.6) is 0 Å². The maximum absolute atomic E-state index is 2.64. The highest BCUT2D eigenvalue weighted by molar-refractivity contribution is 7.23. The molecule has 0 unspecified atom stereocenters. The van der Waals surface area contributed by atoms with E-state index < -0.39 is 0 Å². The molecular formula is C68H83NS2. The quantitative estimate of drug-likeness (QED) is 0.0464. The second-order valence-electron chi connectivity index (χ2n) is 21.4. The van der Waals surface area contributed by atoms with Gasteiger partial charge in [0.2, 0.25) is 0 Å². The van der Waals surface area contributed by atoms with Gasteiger partial charge in [-0.3, -0.25) is 0 Å². The summed E-state index contributed by atoms with van der Waals surface area (Å²) in [5, 5.41) is 2.33. The van der Waals surface area contributed by atoms with Crippen LogP contribution in [0.15, 0.2) is 127 Å². The van der Waals surface area contributed by atoms with Crippen LogP contribution in [0, 0.1) is 0 Å². The van der Waals surface area contributed by atoms with Crippen molar-refractivity contribution in [2.45, 2.75) is 194 Å². The largest absolute Gasteiger partial charge is 0.310 e. The first-order chi connectivity index (χ1) is 34.9. The summed E-state index contributed by atoms with van der Waals surface area (Å²) >= 11 is 3.98. The number of hydrogen-bond donors (Lipinski definition) is 0. The van der Waals surface area contributed by atoms with Gasteiger partial charge in [-0.05, 0) is 166 Å². The number of anilines is 3. The van der Waals surface area contributed by atoms with Crippen LogP contribution in [0.4, 0.5) is 17.1 Å². The fourth-order valence-electron chi connectivity index (χ4n) is 12.8. The molecule has 0 fully saturated rings.